The Morgan fingerprint density at radius 1 is 1.36 bits per heavy atom. The zero-order valence-corrected chi connectivity index (χ0v) is 13.3. The minimum absolute atomic E-state index is 0.200. The number of carbonyl (C=O) groups excluding carboxylic acids is 1. The van der Waals surface area contributed by atoms with Gasteiger partial charge in [0.1, 0.15) is 5.60 Å². The molecular weight excluding hydrogens is 286 g/mol. The number of piperidine rings is 1. The topological polar surface area (TPSA) is 84.7 Å². The normalized spacial score (nSPS) is 16.6. The fourth-order valence-electron chi connectivity index (χ4n) is 2.46. The number of carbonyl (C=O) groups is 2. The number of likely N-dealkylation sites (tertiary alicyclic amines) is 1. The summed E-state index contributed by atoms with van der Waals surface area (Å²) in [6, 6.07) is 0. The molecule has 1 amide bonds. The fraction of sp³-hybridized carbons (Fsp3) is 0.667. The maximum Gasteiger partial charge on any atom is 0.410 e. The highest BCUT2D eigenvalue weighted by molar-refractivity contribution is 5.86. The maximum atomic E-state index is 12.0. The number of ether oxygens (including phenoxy) is 1. The van der Waals surface area contributed by atoms with E-state index in [0.717, 1.165) is 12.8 Å². The van der Waals surface area contributed by atoms with Gasteiger partial charge in [0.2, 0.25) is 0 Å². The fourth-order valence-corrected chi connectivity index (χ4v) is 2.46. The Labute approximate surface area is 129 Å². The van der Waals surface area contributed by atoms with E-state index in [-0.39, 0.29) is 11.7 Å². The minimum Gasteiger partial charge on any atom is -0.478 e. The number of nitrogens with zero attached hydrogens (tertiary/aromatic N) is 3. The van der Waals surface area contributed by atoms with E-state index >= 15 is 0 Å². The van der Waals surface area contributed by atoms with Gasteiger partial charge in [0.25, 0.3) is 0 Å². The molecule has 0 bridgehead atoms. The average Bonchev–Trinajstić information content (AvgIpc) is 2.86. The summed E-state index contributed by atoms with van der Waals surface area (Å²) in [4.78, 5) is 24.5. The molecule has 1 saturated heterocycles. The predicted molar refractivity (Wildman–Crippen MR) is 79.7 cm³/mol. The van der Waals surface area contributed by atoms with Crippen LogP contribution in [-0.2, 0) is 11.3 Å². The van der Waals surface area contributed by atoms with Crippen molar-refractivity contribution in [3.63, 3.8) is 0 Å². The summed E-state index contributed by atoms with van der Waals surface area (Å²) in [6.45, 7) is 7.56. The molecule has 7 nitrogen and oxygen atoms in total. The highest BCUT2D eigenvalue weighted by atomic mass is 16.6. The van der Waals surface area contributed by atoms with Gasteiger partial charge >= 0.3 is 12.1 Å². The third-order valence-corrected chi connectivity index (χ3v) is 3.59. The van der Waals surface area contributed by atoms with Gasteiger partial charge in [-0.25, -0.2) is 9.59 Å². The van der Waals surface area contributed by atoms with Crippen LogP contribution in [0, 0.1) is 5.92 Å². The molecule has 0 atom stereocenters. The van der Waals surface area contributed by atoms with Crippen LogP contribution in [-0.4, -0.2) is 50.5 Å². The van der Waals surface area contributed by atoms with Crippen LogP contribution in [0.3, 0.4) is 0 Å². The third-order valence-electron chi connectivity index (χ3n) is 3.59. The molecule has 1 N–H and O–H groups in total. The molecule has 0 unspecified atom stereocenters. The van der Waals surface area contributed by atoms with Crippen molar-refractivity contribution in [1.82, 2.24) is 14.7 Å². The van der Waals surface area contributed by atoms with Crippen molar-refractivity contribution in [2.45, 2.75) is 45.8 Å². The summed E-state index contributed by atoms with van der Waals surface area (Å²) in [6.07, 6.45) is 4.36. The standard InChI is InChI=1S/C15H23N3O4/c1-15(2,3)22-14(21)17-6-4-11(5-7-17)9-18-10-12(8-16-18)13(19)20/h8,10-11H,4-7,9H2,1-3H3,(H,19,20). The Morgan fingerprint density at radius 3 is 2.50 bits per heavy atom. The second-order valence-corrected chi connectivity index (χ2v) is 6.67. The van der Waals surface area contributed by atoms with Gasteiger partial charge in [0.15, 0.2) is 0 Å². The smallest absolute Gasteiger partial charge is 0.410 e. The SMILES string of the molecule is CC(C)(C)OC(=O)N1CCC(Cn2cc(C(=O)O)cn2)CC1. The molecule has 0 aromatic carbocycles. The lowest BCUT2D eigenvalue weighted by Gasteiger charge is -2.33. The number of carboxylic acid groups (broad SMARTS) is 1. The summed E-state index contributed by atoms with van der Waals surface area (Å²) < 4.78 is 7.03. The molecule has 7 heteroatoms. The van der Waals surface area contributed by atoms with Crippen LogP contribution >= 0.6 is 0 Å². The van der Waals surface area contributed by atoms with Gasteiger partial charge in [-0.15, -0.1) is 0 Å². The van der Waals surface area contributed by atoms with E-state index in [1.54, 1.807) is 15.8 Å². The first kappa shape index (κ1) is 16.3. The summed E-state index contributed by atoms with van der Waals surface area (Å²) in [5, 5.41) is 12.9. The molecule has 1 fully saturated rings. The molecule has 0 spiro atoms. The quantitative estimate of drug-likeness (QED) is 0.925. The molecule has 2 rings (SSSR count). The highest BCUT2D eigenvalue weighted by Gasteiger charge is 2.27. The largest absolute Gasteiger partial charge is 0.478 e. The van der Waals surface area contributed by atoms with E-state index in [4.69, 9.17) is 9.84 Å². The average molecular weight is 309 g/mol. The van der Waals surface area contributed by atoms with Gasteiger partial charge in [-0.3, -0.25) is 4.68 Å². The van der Waals surface area contributed by atoms with E-state index in [9.17, 15) is 9.59 Å². The molecule has 0 radical (unpaired) electrons. The van der Waals surface area contributed by atoms with Crippen molar-refractivity contribution < 1.29 is 19.4 Å². The van der Waals surface area contributed by atoms with Gasteiger partial charge in [-0.05, 0) is 39.5 Å². The van der Waals surface area contributed by atoms with Crippen LogP contribution in [0.2, 0.25) is 0 Å². The molecule has 1 aliphatic heterocycles. The Bertz CT molecular complexity index is 539. The Hall–Kier alpha value is -2.05. The van der Waals surface area contributed by atoms with Gasteiger partial charge in [0, 0.05) is 25.8 Å². The van der Waals surface area contributed by atoms with Crippen molar-refractivity contribution in [2.24, 2.45) is 5.92 Å². The van der Waals surface area contributed by atoms with Crippen LogP contribution in [0.1, 0.15) is 44.0 Å². The minimum atomic E-state index is -0.967. The van der Waals surface area contributed by atoms with Gasteiger partial charge in [0.05, 0.1) is 11.8 Å². The number of carboxylic acids is 1. The second kappa shape index (κ2) is 6.37. The summed E-state index contributed by atoms with van der Waals surface area (Å²) >= 11 is 0. The Kier molecular flexibility index (Phi) is 4.73. The maximum absolute atomic E-state index is 12.0. The Morgan fingerprint density at radius 2 is 2.00 bits per heavy atom. The van der Waals surface area contributed by atoms with Crippen LogP contribution in [0.15, 0.2) is 12.4 Å². The van der Waals surface area contributed by atoms with E-state index in [1.165, 1.54) is 6.20 Å². The highest BCUT2D eigenvalue weighted by Crippen LogP contribution is 2.21. The van der Waals surface area contributed by atoms with Crippen LogP contribution in [0.5, 0.6) is 0 Å². The first-order valence-electron chi connectivity index (χ1n) is 7.48. The predicted octanol–water partition coefficient (Wildman–Crippen LogP) is 2.23. The lowest BCUT2D eigenvalue weighted by atomic mass is 9.97. The molecule has 0 saturated carbocycles. The summed E-state index contributed by atoms with van der Waals surface area (Å²) in [5.41, 5.74) is -0.276. The monoisotopic (exact) mass is 309 g/mol. The molecule has 122 valence electrons. The molecule has 1 aliphatic rings. The molecule has 0 aliphatic carbocycles. The van der Waals surface area contributed by atoms with Crippen molar-refractivity contribution in [2.75, 3.05) is 13.1 Å². The number of hydrogen-bond acceptors (Lipinski definition) is 4. The van der Waals surface area contributed by atoms with E-state index < -0.39 is 11.6 Å². The molecule has 1 aromatic rings. The Balaban J connectivity index is 1.81. The number of amides is 1. The van der Waals surface area contributed by atoms with E-state index in [1.807, 2.05) is 20.8 Å². The van der Waals surface area contributed by atoms with Crippen molar-refractivity contribution >= 4 is 12.1 Å². The van der Waals surface area contributed by atoms with Gasteiger partial charge in [-0.2, -0.15) is 5.10 Å². The summed E-state index contributed by atoms with van der Waals surface area (Å²) in [7, 11) is 0. The van der Waals surface area contributed by atoms with Crippen molar-refractivity contribution in [3.05, 3.63) is 18.0 Å². The van der Waals surface area contributed by atoms with Crippen molar-refractivity contribution in [1.29, 1.82) is 0 Å². The van der Waals surface area contributed by atoms with Gasteiger partial charge in [-0.1, -0.05) is 0 Å². The van der Waals surface area contributed by atoms with Crippen LogP contribution in [0.25, 0.3) is 0 Å². The molecule has 22 heavy (non-hydrogen) atoms. The van der Waals surface area contributed by atoms with Crippen LogP contribution < -0.4 is 0 Å². The zero-order valence-electron chi connectivity index (χ0n) is 13.3. The number of aromatic nitrogens is 2. The molecular formula is C15H23N3O4. The lowest BCUT2D eigenvalue weighted by Crippen LogP contribution is -2.42. The first-order chi connectivity index (χ1) is 10.2. The number of hydrogen-bond donors (Lipinski definition) is 1. The first-order valence-corrected chi connectivity index (χ1v) is 7.48. The van der Waals surface area contributed by atoms with Crippen LogP contribution in [0.4, 0.5) is 4.79 Å². The molecule has 2 heterocycles. The number of aromatic carboxylic acids is 1. The second-order valence-electron chi connectivity index (χ2n) is 6.67. The summed E-state index contributed by atoms with van der Waals surface area (Å²) in [5.74, 6) is -0.578. The lowest BCUT2D eigenvalue weighted by molar-refractivity contribution is 0.0177. The van der Waals surface area contributed by atoms with E-state index in [0.29, 0.717) is 25.6 Å². The number of rotatable bonds is 3. The third kappa shape index (κ3) is 4.47. The molecule has 1 aromatic heterocycles. The van der Waals surface area contributed by atoms with Crippen molar-refractivity contribution in [3.8, 4) is 0 Å². The van der Waals surface area contributed by atoms with E-state index in [2.05, 4.69) is 5.10 Å². The van der Waals surface area contributed by atoms with Gasteiger partial charge < -0.3 is 14.7 Å². The zero-order chi connectivity index (χ0) is 16.3.